The summed E-state index contributed by atoms with van der Waals surface area (Å²) in [5.74, 6) is -0.498. The SMILES string of the molecule is CC(=O)N(CC(=O)Nc1cccc2cccnc12)c1ccccc1Br. The van der Waals surface area contributed by atoms with Crippen LogP contribution >= 0.6 is 15.9 Å². The summed E-state index contributed by atoms with van der Waals surface area (Å²) >= 11 is 3.42. The number of amides is 2. The molecule has 0 unspecified atom stereocenters. The minimum Gasteiger partial charge on any atom is -0.323 e. The van der Waals surface area contributed by atoms with Gasteiger partial charge in [0.15, 0.2) is 0 Å². The Bertz CT molecular complexity index is 937. The van der Waals surface area contributed by atoms with Gasteiger partial charge in [-0.1, -0.05) is 30.3 Å². The zero-order valence-electron chi connectivity index (χ0n) is 13.6. The van der Waals surface area contributed by atoms with Crippen molar-refractivity contribution in [1.29, 1.82) is 0 Å². The number of anilines is 2. The molecule has 0 saturated heterocycles. The lowest BCUT2D eigenvalue weighted by Crippen LogP contribution is -2.36. The summed E-state index contributed by atoms with van der Waals surface area (Å²) in [4.78, 5) is 30.3. The van der Waals surface area contributed by atoms with E-state index in [1.807, 2.05) is 42.5 Å². The fraction of sp³-hybridized carbons (Fsp3) is 0.105. The van der Waals surface area contributed by atoms with Gasteiger partial charge in [-0.25, -0.2) is 0 Å². The van der Waals surface area contributed by atoms with Crippen molar-refractivity contribution < 1.29 is 9.59 Å². The molecule has 6 heteroatoms. The van der Waals surface area contributed by atoms with E-state index in [9.17, 15) is 9.59 Å². The van der Waals surface area contributed by atoms with Crippen LogP contribution in [0.5, 0.6) is 0 Å². The van der Waals surface area contributed by atoms with Crippen LogP contribution in [0.3, 0.4) is 0 Å². The second-order valence-corrected chi connectivity index (χ2v) is 6.34. The number of para-hydroxylation sites is 2. The van der Waals surface area contributed by atoms with Gasteiger partial charge in [0, 0.05) is 23.0 Å². The van der Waals surface area contributed by atoms with E-state index in [0.29, 0.717) is 16.9 Å². The van der Waals surface area contributed by atoms with Gasteiger partial charge in [0.05, 0.1) is 16.9 Å². The lowest BCUT2D eigenvalue weighted by atomic mass is 10.2. The number of nitrogens with zero attached hydrogens (tertiary/aromatic N) is 2. The maximum absolute atomic E-state index is 12.5. The van der Waals surface area contributed by atoms with Crippen LogP contribution in [-0.4, -0.2) is 23.3 Å². The lowest BCUT2D eigenvalue weighted by Gasteiger charge is -2.22. The van der Waals surface area contributed by atoms with Crippen molar-refractivity contribution in [3.8, 4) is 0 Å². The Morgan fingerprint density at radius 3 is 2.60 bits per heavy atom. The summed E-state index contributed by atoms with van der Waals surface area (Å²) in [6, 6.07) is 16.7. The zero-order chi connectivity index (χ0) is 17.8. The number of carbonyl (C=O) groups is 2. The first-order chi connectivity index (χ1) is 12.1. The van der Waals surface area contributed by atoms with Crippen LogP contribution in [0.25, 0.3) is 10.9 Å². The quantitative estimate of drug-likeness (QED) is 0.723. The Hall–Kier alpha value is -2.73. The number of fused-ring (bicyclic) bond motifs is 1. The van der Waals surface area contributed by atoms with Crippen LogP contribution in [0.4, 0.5) is 11.4 Å². The molecule has 0 aliphatic rings. The van der Waals surface area contributed by atoms with E-state index >= 15 is 0 Å². The average molecular weight is 398 g/mol. The van der Waals surface area contributed by atoms with Gasteiger partial charge < -0.3 is 10.2 Å². The van der Waals surface area contributed by atoms with Gasteiger partial charge in [-0.3, -0.25) is 14.6 Å². The molecule has 1 heterocycles. The first kappa shape index (κ1) is 17.1. The number of rotatable bonds is 4. The fourth-order valence-corrected chi connectivity index (χ4v) is 3.07. The molecule has 0 saturated carbocycles. The van der Waals surface area contributed by atoms with E-state index in [-0.39, 0.29) is 18.4 Å². The summed E-state index contributed by atoms with van der Waals surface area (Å²) < 4.78 is 0.754. The molecule has 0 aliphatic carbocycles. The van der Waals surface area contributed by atoms with Crippen LogP contribution in [0.2, 0.25) is 0 Å². The summed E-state index contributed by atoms with van der Waals surface area (Å²) in [5.41, 5.74) is 1.99. The highest BCUT2D eigenvalue weighted by molar-refractivity contribution is 9.10. The molecule has 0 fully saturated rings. The van der Waals surface area contributed by atoms with Crippen molar-refractivity contribution in [3.63, 3.8) is 0 Å². The first-order valence-electron chi connectivity index (χ1n) is 7.72. The third-order valence-electron chi connectivity index (χ3n) is 3.73. The molecule has 0 spiro atoms. The van der Waals surface area contributed by atoms with E-state index in [1.165, 1.54) is 11.8 Å². The molecule has 0 bridgehead atoms. The monoisotopic (exact) mass is 397 g/mol. The molecule has 0 aliphatic heterocycles. The number of nitrogens with one attached hydrogen (secondary N) is 1. The molecule has 0 radical (unpaired) electrons. The second kappa shape index (κ2) is 7.44. The predicted octanol–water partition coefficient (Wildman–Crippen LogP) is 3.99. The summed E-state index contributed by atoms with van der Waals surface area (Å²) in [6.45, 7) is 1.35. The van der Waals surface area contributed by atoms with Crippen LogP contribution in [0.1, 0.15) is 6.92 Å². The number of hydrogen-bond acceptors (Lipinski definition) is 3. The Kier molecular flexibility index (Phi) is 5.09. The maximum atomic E-state index is 12.5. The number of benzene rings is 2. The van der Waals surface area contributed by atoms with Crippen LogP contribution in [-0.2, 0) is 9.59 Å². The standard InChI is InChI=1S/C19H16BrN3O2/c1-13(24)23(17-10-3-2-8-15(17)20)12-18(25)22-16-9-4-6-14-7-5-11-21-19(14)16/h2-11H,12H2,1H3,(H,22,25). The van der Waals surface area contributed by atoms with Crippen LogP contribution < -0.4 is 10.2 Å². The largest absolute Gasteiger partial charge is 0.323 e. The third kappa shape index (κ3) is 3.85. The van der Waals surface area contributed by atoms with Gasteiger partial charge in [0.25, 0.3) is 0 Å². The maximum Gasteiger partial charge on any atom is 0.244 e. The van der Waals surface area contributed by atoms with Gasteiger partial charge in [-0.2, -0.15) is 0 Å². The number of hydrogen-bond donors (Lipinski definition) is 1. The van der Waals surface area contributed by atoms with Crippen molar-refractivity contribution in [3.05, 3.63) is 65.3 Å². The Balaban J connectivity index is 1.83. The van der Waals surface area contributed by atoms with Crippen molar-refractivity contribution in [2.45, 2.75) is 6.92 Å². The van der Waals surface area contributed by atoms with E-state index in [2.05, 4.69) is 26.2 Å². The summed E-state index contributed by atoms with van der Waals surface area (Å²) in [5, 5.41) is 3.79. The van der Waals surface area contributed by atoms with Gasteiger partial charge in [0.2, 0.25) is 11.8 Å². The average Bonchev–Trinajstić information content (AvgIpc) is 2.60. The topological polar surface area (TPSA) is 62.3 Å². The highest BCUT2D eigenvalue weighted by atomic mass is 79.9. The van der Waals surface area contributed by atoms with Crippen molar-refractivity contribution in [2.24, 2.45) is 0 Å². The molecule has 3 aromatic rings. The molecule has 2 aromatic carbocycles. The van der Waals surface area contributed by atoms with Crippen molar-refractivity contribution in [1.82, 2.24) is 4.98 Å². The molecular formula is C19H16BrN3O2. The minimum atomic E-state index is -0.288. The van der Waals surface area contributed by atoms with Crippen LogP contribution in [0.15, 0.2) is 65.3 Å². The Labute approximate surface area is 153 Å². The van der Waals surface area contributed by atoms with Crippen molar-refractivity contribution in [2.75, 3.05) is 16.8 Å². The fourth-order valence-electron chi connectivity index (χ4n) is 2.58. The van der Waals surface area contributed by atoms with Crippen LogP contribution in [0, 0.1) is 0 Å². The van der Waals surface area contributed by atoms with E-state index in [4.69, 9.17) is 0 Å². The van der Waals surface area contributed by atoms with Crippen molar-refractivity contribution >= 4 is 50.0 Å². The molecule has 25 heavy (non-hydrogen) atoms. The molecule has 2 amide bonds. The van der Waals surface area contributed by atoms with Gasteiger partial charge in [-0.05, 0) is 40.2 Å². The normalized spacial score (nSPS) is 10.5. The van der Waals surface area contributed by atoms with E-state index in [0.717, 1.165) is 9.86 Å². The number of halogens is 1. The first-order valence-corrected chi connectivity index (χ1v) is 8.52. The van der Waals surface area contributed by atoms with Gasteiger partial charge >= 0.3 is 0 Å². The van der Waals surface area contributed by atoms with E-state index < -0.39 is 0 Å². The molecule has 5 nitrogen and oxygen atoms in total. The van der Waals surface area contributed by atoms with Gasteiger partial charge in [-0.15, -0.1) is 0 Å². The molecule has 0 atom stereocenters. The molecular weight excluding hydrogens is 382 g/mol. The summed E-state index contributed by atoms with van der Waals surface area (Å²) in [6.07, 6.45) is 1.68. The van der Waals surface area contributed by atoms with E-state index in [1.54, 1.807) is 18.3 Å². The lowest BCUT2D eigenvalue weighted by molar-refractivity contribution is -0.120. The van der Waals surface area contributed by atoms with Gasteiger partial charge in [0.1, 0.15) is 6.54 Å². The molecule has 126 valence electrons. The molecule has 1 aromatic heterocycles. The Morgan fingerprint density at radius 2 is 1.84 bits per heavy atom. The zero-order valence-corrected chi connectivity index (χ0v) is 15.2. The highest BCUT2D eigenvalue weighted by Crippen LogP contribution is 2.26. The predicted molar refractivity (Wildman–Crippen MR) is 103 cm³/mol. The smallest absolute Gasteiger partial charge is 0.244 e. The minimum absolute atomic E-state index is 0.0822. The Morgan fingerprint density at radius 1 is 1.08 bits per heavy atom. The second-order valence-electron chi connectivity index (χ2n) is 5.49. The number of carbonyl (C=O) groups excluding carboxylic acids is 2. The molecule has 3 rings (SSSR count). The highest BCUT2D eigenvalue weighted by Gasteiger charge is 2.18. The molecule has 1 N–H and O–H groups in total. The summed E-state index contributed by atoms with van der Waals surface area (Å²) in [7, 11) is 0. The number of aromatic nitrogens is 1. The number of pyridine rings is 1. The third-order valence-corrected chi connectivity index (χ3v) is 4.40.